The SMILES string of the molecule is CCC(C)C(NC)c1cncc2ccccc12. The Hall–Kier alpha value is -1.41. The van der Waals surface area contributed by atoms with Gasteiger partial charge in [0.15, 0.2) is 0 Å². The highest BCUT2D eigenvalue weighted by Gasteiger charge is 2.18. The topological polar surface area (TPSA) is 24.9 Å². The Morgan fingerprint density at radius 3 is 2.71 bits per heavy atom. The number of aromatic nitrogens is 1. The van der Waals surface area contributed by atoms with E-state index in [9.17, 15) is 0 Å². The first-order chi connectivity index (χ1) is 8.27. The standard InChI is InChI=1S/C15H20N2/c1-4-11(2)15(16-3)14-10-17-9-12-7-5-6-8-13(12)14/h5-11,15-16H,4H2,1-3H3. The molecule has 90 valence electrons. The number of hydrogen-bond donors (Lipinski definition) is 1. The summed E-state index contributed by atoms with van der Waals surface area (Å²) in [5.74, 6) is 0.604. The monoisotopic (exact) mass is 228 g/mol. The molecule has 0 saturated carbocycles. The van der Waals surface area contributed by atoms with Crippen LogP contribution in [0.4, 0.5) is 0 Å². The van der Waals surface area contributed by atoms with E-state index in [0.29, 0.717) is 12.0 Å². The Morgan fingerprint density at radius 1 is 1.24 bits per heavy atom. The van der Waals surface area contributed by atoms with E-state index in [1.165, 1.54) is 16.3 Å². The average Bonchev–Trinajstić information content (AvgIpc) is 2.39. The predicted molar refractivity (Wildman–Crippen MR) is 73.0 cm³/mol. The zero-order chi connectivity index (χ0) is 12.3. The Balaban J connectivity index is 2.53. The third-order valence-electron chi connectivity index (χ3n) is 3.56. The molecular weight excluding hydrogens is 208 g/mol. The fourth-order valence-electron chi connectivity index (χ4n) is 2.37. The van der Waals surface area contributed by atoms with Crippen molar-refractivity contribution in [3.8, 4) is 0 Å². The van der Waals surface area contributed by atoms with Crippen molar-refractivity contribution < 1.29 is 0 Å². The van der Waals surface area contributed by atoms with Crippen molar-refractivity contribution in [3.05, 3.63) is 42.2 Å². The predicted octanol–water partition coefficient (Wildman–Crippen LogP) is 3.54. The van der Waals surface area contributed by atoms with Crippen molar-refractivity contribution in [1.29, 1.82) is 0 Å². The van der Waals surface area contributed by atoms with Gasteiger partial charge in [0.2, 0.25) is 0 Å². The van der Waals surface area contributed by atoms with Gasteiger partial charge in [0, 0.05) is 23.8 Å². The van der Waals surface area contributed by atoms with Crippen LogP contribution in [0.1, 0.15) is 31.9 Å². The minimum Gasteiger partial charge on any atom is -0.313 e. The normalized spacial score (nSPS) is 14.8. The number of benzene rings is 1. The summed E-state index contributed by atoms with van der Waals surface area (Å²) in [7, 11) is 2.03. The van der Waals surface area contributed by atoms with Crippen molar-refractivity contribution in [2.75, 3.05) is 7.05 Å². The smallest absolute Gasteiger partial charge is 0.0364 e. The van der Waals surface area contributed by atoms with Crippen LogP contribution < -0.4 is 5.32 Å². The van der Waals surface area contributed by atoms with Crippen LogP contribution in [0.2, 0.25) is 0 Å². The molecule has 1 aromatic heterocycles. The van der Waals surface area contributed by atoms with Crippen LogP contribution in [0, 0.1) is 5.92 Å². The Labute approximate surface area is 103 Å². The minimum atomic E-state index is 0.374. The maximum atomic E-state index is 4.36. The molecule has 0 radical (unpaired) electrons. The number of pyridine rings is 1. The molecule has 0 aliphatic rings. The van der Waals surface area contributed by atoms with Crippen molar-refractivity contribution in [1.82, 2.24) is 10.3 Å². The van der Waals surface area contributed by atoms with Gasteiger partial charge in [-0.15, -0.1) is 0 Å². The second kappa shape index (κ2) is 5.28. The molecule has 1 N–H and O–H groups in total. The summed E-state index contributed by atoms with van der Waals surface area (Å²) in [5.41, 5.74) is 1.31. The van der Waals surface area contributed by atoms with E-state index < -0.39 is 0 Å². The van der Waals surface area contributed by atoms with Crippen LogP contribution in [0.15, 0.2) is 36.7 Å². The van der Waals surface area contributed by atoms with Crippen LogP contribution in [0.3, 0.4) is 0 Å². The maximum Gasteiger partial charge on any atom is 0.0364 e. The molecule has 1 aromatic carbocycles. The Bertz CT molecular complexity index is 488. The summed E-state index contributed by atoms with van der Waals surface area (Å²) in [6.45, 7) is 4.51. The summed E-state index contributed by atoms with van der Waals surface area (Å²) in [6, 6.07) is 8.83. The van der Waals surface area contributed by atoms with Gasteiger partial charge in [-0.2, -0.15) is 0 Å². The van der Waals surface area contributed by atoms with Crippen molar-refractivity contribution in [3.63, 3.8) is 0 Å². The van der Waals surface area contributed by atoms with Gasteiger partial charge in [0.1, 0.15) is 0 Å². The highest BCUT2D eigenvalue weighted by Crippen LogP contribution is 2.29. The summed E-state index contributed by atoms with van der Waals surface area (Å²) in [5, 5.41) is 5.94. The molecule has 0 spiro atoms. The van der Waals surface area contributed by atoms with Crippen LogP contribution in [-0.4, -0.2) is 12.0 Å². The van der Waals surface area contributed by atoms with E-state index in [-0.39, 0.29) is 0 Å². The molecule has 1 heterocycles. The van der Waals surface area contributed by atoms with Gasteiger partial charge in [-0.1, -0.05) is 44.5 Å². The second-order valence-corrected chi connectivity index (χ2v) is 4.60. The highest BCUT2D eigenvalue weighted by atomic mass is 14.9. The number of rotatable bonds is 4. The van der Waals surface area contributed by atoms with Crippen molar-refractivity contribution >= 4 is 10.8 Å². The molecule has 2 unspecified atom stereocenters. The first-order valence-corrected chi connectivity index (χ1v) is 6.27. The number of fused-ring (bicyclic) bond motifs is 1. The first kappa shape index (κ1) is 12.1. The van der Waals surface area contributed by atoms with Crippen LogP contribution in [0.25, 0.3) is 10.8 Å². The Morgan fingerprint density at radius 2 is 2.00 bits per heavy atom. The van der Waals surface area contributed by atoms with Crippen molar-refractivity contribution in [2.45, 2.75) is 26.3 Å². The van der Waals surface area contributed by atoms with Gasteiger partial charge in [0.05, 0.1) is 0 Å². The van der Waals surface area contributed by atoms with Gasteiger partial charge >= 0.3 is 0 Å². The van der Waals surface area contributed by atoms with Crippen molar-refractivity contribution in [2.24, 2.45) is 5.92 Å². The van der Waals surface area contributed by atoms with E-state index in [1.807, 2.05) is 19.4 Å². The number of nitrogens with zero attached hydrogens (tertiary/aromatic N) is 1. The summed E-state index contributed by atoms with van der Waals surface area (Å²) < 4.78 is 0. The third-order valence-corrected chi connectivity index (χ3v) is 3.56. The fourth-order valence-corrected chi connectivity index (χ4v) is 2.37. The zero-order valence-electron chi connectivity index (χ0n) is 10.8. The summed E-state index contributed by atoms with van der Waals surface area (Å²) in [4.78, 5) is 4.36. The molecule has 0 aliphatic heterocycles. The van der Waals surface area contributed by atoms with Crippen LogP contribution in [0.5, 0.6) is 0 Å². The molecule has 0 amide bonds. The molecular formula is C15H20N2. The quantitative estimate of drug-likeness (QED) is 0.865. The average molecular weight is 228 g/mol. The molecule has 2 heteroatoms. The van der Waals surface area contributed by atoms with E-state index in [4.69, 9.17) is 0 Å². The van der Waals surface area contributed by atoms with E-state index >= 15 is 0 Å². The Kier molecular flexibility index (Phi) is 3.75. The van der Waals surface area contributed by atoms with Gasteiger partial charge < -0.3 is 5.32 Å². The van der Waals surface area contributed by atoms with Gasteiger partial charge in [-0.25, -0.2) is 0 Å². The van der Waals surface area contributed by atoms with Gasteiger partial charge in [0.25, 0.3) is 0 Å². The molecule has 0 bridgehead atoms. The highest BCUT2D eigenvalue weighted by molar-refractivity contribution is 5.85. The fraction of sp³-hybridized carbons (Fsp3) is 0.400. The lowest BCUT2D eigenvalue weighted by atomic mass is 9.91. The summed E-state index contributed by atoms with van der Waals surface area (Å²) in [6.07, 6.45) is 5.09. The molecule has 2 atom stereocenters. The molecule has 0 saturated heterocycles. The van der Waals surface area contributed by atoms with Crippen LogP contribution >= 0.6 is 0 Å². The van der Waals surface area contributed by atoms with E-state index in [2.05, 4.69) is 48.4 Å². The minimum absolute atomic E-state index is 0.374. The number of hydrogen-bond acceptors (Lipinski definition) is 2. The molecule has 0 aliphatic carbocycles. The van der Waals surface area contributed by atoms with E-state index in [0.717, 1.165) is 6.42 Å². The largest absolute Gasteiger partial charge is 0.313 e. The summed E-state index contributed by atoms with van der Waals surface area (Å²) >= 11 is 0. The second-order valence-electron chi connectivity index (χ2n) is 4.60. The zero-order valence-corrected chi connectivity index (χ0v) is 10.8. The van der Waals surface area contributed by atoms with Gasteiger partial charge in [-0.05, 0) is 23.9 Å². The molecule has 0 fully saturated rings. The third kappa shape index (κ3) is 2.32. The lowest BCUT2D eigenvalue weighted by molar-refractivity contribution is 0.402. The van der Waals surface area contributed by atoms with Gasteiger partial charge in [-0.3, -0.25) is 4.98 Å². The first-order valence-electron chi connectivity index (χ1n) is 6.27. The lowest BCUT2D eigenvalue weighted by Crippen LogP contribution is -2.23. The molecule has 2 rings (SSSR count). The molecule has 2 aromatic rings. The lowest BCUT2D eigenvalue weighted by Gasteiger charge is -2.23. The van der Waals surface area contributed by atoms with Crippen LogP contribution in [-0.2, 0) is 0 Å². The molecule has 2 nitrogen and oxygen atoms in total. The maximum absolute atomic E-state index is 4.36. The number of nitrogens with one attached hydrogen (secondary N) is 1. The molecule has 17 heavy (non-hydrogen) atoms. The van der Waals surface area contributed by atoms with E-state index in [1.54, 1.807) is 0 Å².